The van der Waals surface area contributed by atoms with Crippen molar-refractivity contribution in [2.45, 2.75) is 31.5 Å². The van der Waals surface area contributed by atoms with E-state index in [2.05, 4.69) is 15.3 Å². The van der Waals surface area contributed by atoms with Crippen molar-refractivity contribution in [2.24, 2.45) is 0 Å². The molecule has 0 atom stereocenters. The lowest BCUT2D eigenvalue weighted by atomic mass is 10.0. The highest BCUT2D eigenvalue weighted by Gasteiger charge is 2.31. The van der Waals surface area contributed by atoms with E-state index in [-0.39, 0.29) is 18.4 Å². The summed E-state index contributed by atoms with van der Waals surface area (Å²) >= 11 is 3.14. The number of carbonyl (C=O) groups is 1. The number of carbonyl (C=O) groups excluding carboxylic acids is 1. The number of nitrogens with zero attached hydrogens (tertiary/aromatic N) is 3. The van der Waals surface area contributed by atoms with Gasteiger partial charge >= 0.3 is 6.18 Å². The van der Waals surface area contributed by atoms with Crippen LogP contribution in [0.4, 0.5) is 19.0 Å². The third-order valence-electron chi connectivity index (χ3n) is 4.92. The summed E-state index contributed by atoms with van der Waals surface area (Å²) in [5.74, 6) is 0.458. The number of halogens is 3. The van der Waals surface area contributed by atoms with Crippen LogP contribution in [0.15, 0.2) is 40.5 Å². The topological polar surface area (TPSA) is 58.1 Å². The maximum atomic E-state index is 12.7. The molecule has 1 saturated heterocycles. The first-order chi connectivity index (χ1) is 14.4. The summed E-state index contributed by atoms with van der Waals surface area (Å²) in [6, 6.07) is 4.49. The number of pyridine rings is 1. The van der Waals surface area contributed by atoms with Gasteiger partial charge in [-0.25, -0.2) is 9.97 Å². The Balaban J connectivity index is 1.26. The molecule has 10 heteroatoms. The second-order valence-electron chi connectivity index (χ2n) is 7.06. The number of hydrogen-bond donors (Lipinski definition) is 1. The minimum atomic E-state index is -4.38. The monoisotopic (exact) mass is 452 g/mol. The third-order valence-corrected chi connectivity index (χ3v) is 6.54. The van der Waals surface area contributed by atoms with E-state index in [1.165, 1.54) is 17.4 Å². The number of thiophene rings is 1. The number of amides is 1. The number of hydrogen-bond acceptors (Lipinski definition) is 6. The van der Waals surface area contributed by atoms with Crippen LogP contribution in [0.1, 0.15) is 24.1 Å². The van der Waals surface area contributed by atoms with Crippen LogP contribution in [0.5, 0.6) is 0 Å². The van der Waals surface area contributed by atoms with Gasteiger partial charge in [0.1, 0.15) is 10.8 Å². The minimum Gasteiger partial charge on any atom is -0.356 e. The molecule has 1 fully saturated rings. The van der Waals surface area contributed by atoms with Crippen molar-refractivity contribution in [1.29, 1.82) is 0 Å². The fourth-order valence-electron chi connectivity index (χ4n) is 3.34. The molecule has 30 heavy (non-hydrogen) atoms. The van der Waals surface area contributed by atoms with Crippen LogP contribution in [0.2, 0.25) is 0 Å². The smallest absolute Gasteiger partial charge is 0.356 e. The summed E-state index contributed by atoms with van der Waals surface area (Å²) < 4.78 is 38.0. The Morgan fingerprint density at radius 1 is 1.20 bits per heavy atom. The summed E-state index contributed by atoms with van der Waals surface area (Å²) in [5, 5.41) is 9.89. The highest BCUT2D eigenvalue weighted by molar-refractivity contribution is 7.14. The summed E-state index contributed by atoms with van der Waals surface area (Å²) in [5.41, 5.74) is 1.07. The van der Waals surface area contributed by atoms with Gasteiger partial charge in [-0.05, 0) is 36.4 Å². The molecule has 0 aromatic carbocycles. The first kappa shape index (κ1) is 20.8. The molecular weight excluding hydrogens is 433 g/mol. The van der Waals surface area contributed by atoms with Crippen molar-refractivity contribution in [3.63, 3.8) is 0 Å². The zero-order valence-corrected chi connectivity index (χ0v) is 17.5. The van der Waals surface area contributed by atoms with Gasteiger partial charge in [0.15, 0.2) is 0 Å². The Labute approximate surface area is 179 Å². The fraction of sp³-hybridized carbons (Fsp3) is 0.350. The Bertz CT molecular complexity index is 978. The van der Waals surface area contributed by atoms with E-state index in [0.717, 1.165) is 28.5 Å². The number of anilines is 1. The quantitative estimate of drug-likeness (QED) is 0.614. The van der Waals surface area contributed by atoms with Gasteiger partial charge in [0.25, 0.3) is 0 Å². The molecule has 3 aromatic heterocycles. The van der Waals surface area contributed by atoms with E-state index >= 15 is 0 Å². The molecule has 1 aliphatic rings. The number of nitrogens with one attached hydrogen (secondary N) is 1. The molecule has 4 rings (SSSR count). The molecule has 1 N–H and O–H groups in total. The van der Waals surface area contributed by atoms with Gasteiger partial charge in [-0.1, -0.05) is 0 Å². The normalized spacial score (nSPS) is 15.4. The van der Waals surface area contributed by atoms with Crippen LogP contribution in [-0.2, 0) is 17.4 Å². The first-order valence-electron chi connectivity index (χ1n) is 9.43. The number of rotatable bonds is 5. The van der Waals surface area contributed by atoms with Gasteiger partial charge in [-0.15, -0.1) is 11.3 Å². The Hall–Kier alpha value is -2.46. The van der Waals surface area contributed by atoms with E-state index in [1.807, 2.05) is 27.1 Å². The average Bonchev–Trinajstić information content (AvgIpc) is 3.40. The lowest BCUT2D eigenvalue weighted by Gasteiger charge is -2.33. The molecule has 0 unspecified atom stereocenters. The molecule has 0 spiro atoms. The van der Waals surface area contributed by atoms with Crippen molar-refractivity contribution in [1.82, 2.24) is 15.3 Å². The Kier molecular flexibility index (Phi) is 6.05. The van der Waals surface area contributed by atoms with Gasteiger partial charge < -0.3 is 10.2 Å². The molecule has 0 radical (unpaired) electrons. The molecule has 5 nitrogen and oxygen atoms in total. The van der Waals surface area contributed by atoms with Gasteiger partial charge in [0, 0.05) is 41.7 Å². The van der Waals surface area contributed by atoms with Crippen LogP contribution >= 0.6 is 22.7 Å². The van der Waals surface area contributed by atoms with E-state index in [9.17, 15) is 18.0 Å². The highest BCUT2D eigenvalue weighted by Crippen LogP contribution is 2.30. The maximum absolute atomic E-state index is 12.7. The molecular formula is C20H19F3N4OS2. The number of aromatic nitrogens is 2. The minimum absolute atomic E-state index is 0.0400. The van der Waals surface area contributed by atoms with E-state index in [1.54, 1.807) is 11.3 Å². The van der Waals surface area contributed by atoms with Crippen molar-refractivity contribution in [3.05, 3.63) is 51.8 Å². The van der Waals surface area contributed by atoms with Crippen LogP contribution in [0.25, 0.3) is 10.6 Å². The summed E-state index contributed by atoms with van der Waals surface area (Å²) in [6.45, 7) is 1.25. The second-order valence-corrected chi connectivity index (χ2v) is 8.70. The Morgan fingerprint density at radius 3 is 2.63 bits per heavy atom. The molecule has 1 amide bonds. The molecule has 0 saturated carbocycles. The SMILES string of the molecule is O=C(Cc1csc(-c2ccsc2)n1)NC1CCN(c2ccc(C(F)(F)F)cn2)CC1. The first-order valence-corrected chi connectivity index (χ1v) is 11.3. The molecule has 4 heterocycles. The summed E-state index contributed by atoms with van der Waals surface area (Å²) in [7, 11) is 0. The second kappa shape index (κ2) is 8.73. The van der Waals surface area contributed by atoms with Gasteiger partial charge in [0.05, 0.1) is 17.7 Å². The molecule has 3 aromatic rings. The van der Waals surface area contributed by atoms with Crippen LogP contribution < -0.4 is 10.2 Å². The lowest BCUT2D eigenvalue weighted by molar-refractivity contribution is -0.137. The van der Waals surface area contributed by atoms with Gasteiger partial charge in [0.2, 0.25) is 5.91 Å². The number of alkyl halides is 3. The molecule has 0 bridgehead atoms. The maximum Gasteiger partial charge on any atom is 0.417 e. The van der Waals surface area contributed by atoms with Crippen LogP contribution in [0, 0.1) is 0 Å². The van der Waals surface area contributed by atoms with Gasteiger partial charge in [-0.2, -0.15) is 24.5 Å². The van der Waals surface area contributed by atoms with Crippen molar-refractivity contribution in [3.8, 4) is 10.6 Å². The lowest BCUT2D eigenvalue weighted by Crippen LogP contribution is -2.45. The standard InChI is InChI=1S/C20H19F3N4OS2/c21-20(22,23)14-1-2-17(24-10-14)27-6-3-15(4-7-27)25-18(28)9-16-12-30-19(26-16)13-5-8-29-11-13/h1-2,5,8,10-12,15H,3-4,6-7,9H2,(H,25,28). The van der Waals surface area contributed by atoms with Crippen molar-refractivity contribution < 1.29 is 18.0 Å². The van der Waals surface area contributed by atoms with Gasteiger partial charge in [-0.3, -0.25) is 4.79 Å². The van der Waals surface area contributed by atoms with E-state index in [0.29, 0.717) is 31.7 Å². The van der Waals surface area contributed by atoms with E-state index < -0.39 is 11.7 Å². The Morgan fingerprint density at radius 2 is 2.00 bits per heavy atom. The predicted molar refractivity (Wildman–Crippen MR) is 112 cm³/mol. The molecule has 1 aliphatic heterocycles. The third kappa shape index (κ3) is 4.99. The van der Waals surface area contributed by atoms with Crippen LogP contribution in [0.3, 0.4) is 0 Å². The van der Waals surface area contributed by atoms with Crippen molar-refractivity contribution in [2.75, 3.05) is 18.0 Å². The zero-order chi connectivity index (χ0) is 21.1. The predicted octanol–water partition coefficient (Wildman–Crippen LogP) is 4.61. The highest BCUT2D eigenvalue weighted by atomic mass is 32.1. The number of thiazole rings is 1. The summed E-state index contributed by atoms with van der Waals surface area (Å²) in [6.07, 6.45) is -1.86. The fourth-order valence-corrected chi connectivity index (χ4v) is 4.88. The largest absolute Gasteiger partial charge is 0.417 e. The van der Waals surface area contributed by atoms with E-state index in [4.69, 9.17) is 0 Å². The molecule has 0 aliphatic carbocycles. The number of piperidine rings is 1. The zero-order valence-electron chi connectivity index (χ0n) is 15.9. The molecule has 158 valence electrons. The average molecular weight is 453 g/mol. The summed E-state index contributed by atoms with van der Waals surface area (Å²) in [4.78, 5) is 22.8. The van der Waals surface area contributed by atoms with Crippen LogP contribution in [-0.4, -0.2) is 35.0 Å². The van der Waals surface area contributed by atoms with Crippen molar-refractivity contribution >= 4 is 34.4 Å².